The summed E-state index contributed by atoms with van der Waals surface area (Å²) in [5.41, 5.74) is 6.45. The van der Waals surface area contributed by atoms with Crippen LogP contribution in [0.3, 0.4) is 0 Å². The normalized spacial score (nSPS) is 21.3. The van der Waals surface area contributed by atoms with Crippen molar-refractivity contribution >= 4 is 11.3 Å². The van der Waals surface area contributed by atoms with E-state index in [1.165, 1.54) is 35.7 Å². The van der Waals surface area contributed by atoms with E-state index < -0.39 is 0 Å². The zero-order chi connectivity index (χ0) is 14.7. The van der Waals surface area contributed by atoms with Gasteiger partial charge in [-0.1, -0.05) is 20.8 Å². The number of piperidine rings is 1. The molecule has 3 heteroatoms. The van der Waals surface area contributed by atoms with Crippen LogP contribution in [0.15, 0.2) is 12.1 Å². The van der Waals surface area contributed by atoms with Gasteiger partial charge in [0, 0.05) is 15.8 Å². The molecule has 114 valence electrons. The molecule has 1 fully saturated rings. The van der Waals surface area contributed by atoms with Crippen LogP contribution in [0, 0.1) is 18.8 Å². The van der Waals surface area contributed by atoms with Crippen molar-refractivity contribution < 1.29 is 0 Å². The van der Waals surface area contributed by atoms with E-state index in [-0.39, 0.29) is 6.04 Å². The lowest BCUT2D eigenvalue weighted by Crippen LogP contribution is -2.44. The topological polar surface area (TPSA) is 29.3 Å². The molecule has 1 saturated heterocycles. The summed E-state index contributed by atoms with van der Waals surface area (Å²) in [5, 5.41) is 0. The third-order valence-corrected chi connectivity index (χ3v) is 5.91. The maximum Gasteiger partial charge on any atom is 0.0593 e. The molecule has 1 aromatic rings. The van der Waals surface area contributed by atoms with Crippen molar-refractivity contribution in [1.82, 2.24) is 4.90 Å². The molecule has 2 nitrogen and oxygen atoms in total. The smallest absolute Gasteiger partial charge is 0.0593 e. The molecule has 0 spiro atoms. The van der Waals surface area contributed by atoms with Gasteiger partial charge in [0.1, 0.15) is 0 Å². The first-order valence-corrected chi connectivity index (χ1v) is 8.90. The van der Waals surface area contributed by atoms with Crippen LogP contribution in [0.2, 0.25) is 0 Å². The Labute approximate surface area is 128 Å². The van der Waals surface area contributed by atoms with Crippen molar-refractivity contribution in [1.29, 1.82) is 0 Å². The van der Waals surface area contributed by atoms with Crippen LogP contribution in [0.1, 0.15) is 55.8 Å². The van der Waals surface area contributed by atoms with E-state index in [4.69, 9.17) is 5.73 Å². The minimum absolute atomic E-state index is 0.253. The predicted molar refractivity (Wildman–Crippen MR) is 89.2 cm³/mol. The molecule has 1 aromatic heterocycles. The highest BCUT2D eigenvalue weighted by Gasteiger charge is 2.31. The van der Waals surface area contributed by atoms with Gasteiger partial charge >= 0.3 is 0 Å². The Hall–Kier alpha value is -0.380. The van der Waals surface area contributed by atoms with Crippen LogP contribution in [0.4, 0.5) is 0 Å². The van der Waals surface area contributed by atoms with Crippen molar-refractivity contribution in [3.05, 3.63) is 21.9 Å². The first kappa shape index (κ1) is 16.0. The number of rotatable bonds is 5. The minimum atomic E-state index is 0.253. The quantitative estimate of drug-likeness (QED) is 0.881. The summed E-state index contributed by atoms with van der Waals surface area (Å²) in [4.78, 5) is 5.49. The summed E-state index contributed by atoms with van der Waals surface area (Å²) in [6.45, 7) is 11.5. The summed E-state index contributed by atoms with van der Waals surface area (Å²) < 4.78 is 0. The van der Waals surface area contributed by atoms with E-state index in [1.54, 1.807) is 0 Å². The Kier molecular flexibility index (Phi) is 5.65. The van der Waals surface area contributed by atoms with Crippen molar-refractivity contribution in [2.45, 2.75) is 59.0 Å². The number of aryl methyl sites for hydroxylation is 1. The summed E-state index contributed by atoms with van der Waals surface area (Å²) in [6.07, 6.45) is 3.70. The molecular weight excluding hydrogens is 264 g/mol. The maximum absolute atomic E-state index is 6.45. The monoisotopic (exact) mass is 294 g/mol. The van der Waals surface area contributed by atoms with Gasteiger partial charge in [0.05, 0.1) is 6.04 Å². The van der Waals surface area contributed by atoms with Crippen LogP contribution in [0.5, 0.6) is 0 Å². The lowest BCUT2D eigenvalue weighted by atomic mass is 9.85. The lowest BCUT2D eigenvalue weighted by molar-refractivity contribution is 0.101. The number of nitrogens with two attached hydrogens (primary N) is 1. The third-order valence-electron chi connectivity index (χ3n) is 4.84. The molecule has 2 rings (SSSR count). The Morgan fingerprint density at radius 1 is 1.30 bits per heavy atom. The van der Waals surface area contributed by atoms with Gasteiger partial charge in [-0.2, -0.15) is 0 Å². The molecule has 0 aliphatic carbocycles. The maximum atomic E-state index is 6.45. The molecule has 20 heavy (non-hydrogen) atoms. The van der Waals surface area contributed by atoms with E-state index >= 15 is 0 Å². The van der Waals surface area contributed by atoms with Gasteiger partial charge in [-0.15, -0.1) is 11.3 Å². The van der Waals surface area contributed by atoms with Gasteiger partial charge in [-0.3, -0.25) is 4.90 Å². The van der Waals surface area contributed by atoms with Crippen LogP contribution < -0.4 is 5.73 Å². The zero-order valence-corrected chi connectivity index (χ0v) is 14.2. The summed E-state index contributed by atoms with van der Waals surface area (Å²) >= 11 is 1.92. The van der Waals surface area contributed by atoms with Crippen molar-refractivity contribution in [3.8, 4) is 0 Å². The largest absolute Gasteiger partial charge is 0.326 e. The summed E-state index contributed by atoms with van der Waals surface area (Å²) in [5.74, 6) is 1.72. The molecule has 2 unspecified atom stereocenters. The van der Waals surface area contributed by atoms with Gasteiger partial charge in [-0.05, 0) is 63.2 Å². The van der Waals surface area contributed by atoms with Crippen molar-refractivity contribution in [2.75, 3.05) is 13.1 Å². The van der Waals surface area contributed by atoms with E-state index in [9.17, 15) is 0 Å². The fourth-order valence-electron chi connectivity index (χ4n) is 3.36. The molecular formula is C17H30N2S. The second-order valence-corrected chi connectivity index (χ2v) is 7.90. The summed E-state index contributed by atoms with van der Waals surface area (Å²) in [6, 6.07) is 5.20. The molecule has 0 radical (unpaired) electrons. The van der Waals surface area contributed by atoms with Crippen molar-refractivity contribution in [3.63, 3.8) is 0 Å². The van der Waals surface area contributed by atoms with Crippen molar-refractivity contribution in [2.24, 2.45) is 17.6 Å². The van der Waals surface area contributed by atoms with Crippen LogP contribution >= 0.6 is 11.3 Å². The number of hydrogen-bond acceptors (Lipinski definition) is 3. The van der Waals surface area contributed by atoms with E-state index in [0.717, 1.165) is 18.3 Å². The first-order chi connectivity index (χ1) is 9.52. The Bertz CT molecular complexity index is 405. The fourth-order valence-corrected chi connectivity index (χ4v) is 4.45. The third kappa shape index (κ3) is 3.63. The zero-order valence-electron chi connectivity index (χ0n) is 13.4. The number of hydrogen-bond donors (Lipinski definition) is 1. The Balaban J connectivity index is 2.09. The molecule has 1 aliphatic heterocycles. The van der Waals surface area contributed by atoms with Crippen LogP contribution in [-0.2, 0) is 0 Å². The molecule has 0 bridgehead atoms. The molecule has 2 atom stereocenters. The molecule has 0 saturated carbocycles. The number of likely N-dealkylation sites (tertiary alicyclic amines) is 1. The standard InChI is InChI=1S/C17H30N2S/c1-5-15(18)17(16-7-6-13(4)20-16)19-10-8-14(9-11-19)12(2)3/h6-7,12,14-15,17H,5,8-11,18H2,1-4H3. The van der Waals surface area contributed by atoms with Gasteiger partial charge in [0.15, 0.2) is 0 Å². The summed E-state index contributed by atoms with van der Waals surface area (Å²) in [7, 11) is 0. The van der Waals surface area contributed by atoms with E-state index in [2.05, 4.69) is 44.7 Å². The van der Waals surface area contributed by atoms with Crippen LogP contribution in [0.25, 0.3) is 0 Å². The number of thiophene rings is 1. The van der Waals surface area contributed by atoms with Gasteiger partial charge in [0.2, 0.25) is 0 Å². The van der Waals surface area contributed by atoms with Crippen LogP contribution in [-0.4, -0.2) is 24.0 Å². The average Bonchev–Trinajstić information content (AvgIpc) is 2.85. The van der Waals surface area contributed by atoms with E-state index in [0.29, 0.717) is 6.04 Å². The lowest BCUT2D eigenvalue weighted by Gasteiger charge is -2.40. The molecule has 0 aromatic carbocycles. The Morgan fingerprint density at radius 2 is 1.95 bits per heavy atom. The average molecular weight is 295 g/mol. The molecule has 2 heterocycles. The highest BCUT2D eigenvalue weighted by Crippen LogP contribution is 2.35. The molecule has 1 aliphatic rings. The highest BCUT2D eigenvalue weighted by molar-refractivity contribution is 7.12. The second kappa shape index (κ2) is 7.06. The Morgan fingerprint density at radius 3 is 2.40 bits per heavy atom. The van der Waals surface area contributed by atoms with Gasteiger partial charge in [-0.25, -0.2) is 0 Å². The first-order valence-electron chi connectivity index (χ1n) is 8.08. The fraction of sp³-hybridized carbons (Fsp3) is 0.765. The second-order valence-electron chi connectivity index (χ2n) is 6.58. The van der Waals surface area contributed by atoms with Gasteiger partial charge in [0.25, 0.3) is 0 Å². The highest BCUT2D eigenvalue weighted by atomic mass is 32.1. The number of nitrogens with zero attached hydrogens (tertiary/aromatic N) is 1. The SMILES string of the molecule is CCC(N)C(c1ccc(C)s1)N1CCC(C(C)C)CC1. The van der Waals surface area contributed by atoms with E-state index in [1.807, 2.05) is 11.3 Å². The predicted octanol–water partition coefficient (Wildman–Crippen LogP) is 4.20. The van der Waals surface area contributed by atoms with Gasteiger partial charge < -0.3 is 5.73 Å². The molecule has 0 amide bonds. The molecule has 2 N–H and O–H groups in total. The minimum Gasteiger partial charge on any atom is -0.326 e.